The molecule has 2 rings (SSSR count). The summed E-state index contributed by atoms with van der Waals surface area (Å²) in [6.45, 7) is 1.69. The van der Waals surface area contributed by atoms with E-state index in [4.69, 9.17) is 5.11 Å². The summed E-state index contributed by atoms with van der Waals surface area (Å²) < 4.78 is 0. The normalized spacial score (nSPS) is 11.7. The molecule has 5 heteroatoms. The molecule has 0 aliphatic heterocycles. The van der Waals surface area contributed by atoms with Gasteiger partial charge in [0.15, 0.2) is 0 Å². The van der Waals surface area contributed by atoms with Gasteiger partial charge in [-0.2, -0.15) is 12.6 Å². The molecule has 2 aromatic rings. The Kier molecular flexibility index (Phi) is 5.82. The van der Waals surface area contributed by atoms with Crippen LogP contribution in [0.5, 0.6) is 0 Å². The number of aromatic carboxylic acids is 1. The average Bonchev–Trinajstić information content (AvgIpc) is 2.55. The standard InChI is InChI=1S/C18H19NO3S/c1-12-15(18(21)22)8-5-9-16(12)19-17(20)14(11-23)10-13-6-3-2-4-7-13/h2-9,14,23H,10-11H2,1H3,(H,19,20)(H,21,22). The molecule has 0 aliphatic carbocycles. The molecule has 120 valence electrons. The SMILES string of the molecule is Cc1c(NC(=O)C(CS)Cc2ccccc2)cccc1C(=O)O. The van der Waals surface area contributed by atoms with Crippen LogP contribution in [0.25, 0.3) is 0 Å². The van der Waals surface area contributed by atoms with Crippen molar-refractivity contribution in [3.63, 3.8) is 0 Å². The number of nitrogens with one attached hydrogen (secondary N) is 1. The lowest BCUT2D eigenvalue weighted by Gasteiger charge is -2.16. The number of carbonyl (C=O) groups is 2. The first kappa shape index (κ1) is 17.1. The van der Waals surface area contributed by atoms with Crippen LogP contribution >= 0.6 is 12.6 Å². The van der Waals surface area contributed by atoms with Crippen molar-refractivity contribution in [3.8, 4) is 0 Å². The van der Waals surface area contributed by atoms with Crippen molar-refractivity contribution in [2.75, 3.05) is 11.1 Å². The molecule has 0 aromatic heterocycles. The molecule has 0 radical (unpaired) electrons. The Bertz CT molecular complexity index is 701. The number of rotatable bonds is 6. The van der Waals surface area contributed by atoms with Crippen molar-refractivity contribution in [1.29, 1.82) is 0 Å². The number of carboxylic acid groups (broad SMARTS) is 1. The third-order valence-corrected chi connectivity index (χ3v) is 4.18. The molecule has 1 amide bonds. The van der Waals surface area contributed by atoms with Gasteiger partial charge < -0.3 is 10.4 Å². The van der Waals surface area contributed by atoms with Crippen molar-refractivity contribution in [2.45, 2.75) is 13.3 Å². The summed E-state index contributed by atoms with van der Waals surface area (Å²) in [5.41, 5.74) is 2.33. The van der Waals surface area contributed by atoms with E-state index in [1.165, 1.54) is 6.07 Å². The Hall–Kier alpha value is -2.27. The first-order valence-electron chi connectivity index (χ1n) is 7.31. The van der Waals surface area contributed by atoms with E-state index < -0.39 is 5.97 Å². The summed E-state index contributed by atoms with van der Waals surface area (Å²) in [4.78, 5) is 23.6. The molecule has 0 saturated carbocycles. The van der Waals surface area contributed by atoms with Gasteiger partial charge in [-0.1, -0.05) is 36.4 Å². The number of amides is 1. The monoisotopic (exact) mass is 329 g/mol. The highest BCUT2D eigenvalue weighted by molar-refractivity contribution is 7.80. The predicted octanol–water partition coefficient (Wildman–Crippen LogP) is 3.42. The fraction of sp³-hybridized carbons (Fsp3) is 0.222. The van der Waals surface area contributed by atoms with E-state index >= 15 is 0 Å². The summed E-state index contributed by atoms with van der Waals surface area (Å²) in [6.07, 6.45) is 0.591. The summed E-state index contributed by atoms with van der Waals surface area (Å²) >= 11 is 4.28. The molecule has 0 bridgehead atoms. The number of carbonyl (C=O) groups excluding carboxylic acids is 1. The second-order valence-electron chi connectivity index (χ2n) is 5.34. The molecular formula is C18H19NO3S. The molecule has 23 heavy (non-hydrogen) atoms. The van der Waals surface area contributed by atoms with Crippen LogP contribution in [0.15, 0.2) is 48.5 Å². The maximum atomic E-state index is 12.5. The minimum absolute atomic E-state index is 0.158. The number of hydrogen-bond donors (Lipinski definition) is 3. The maximum absolute atomic E-state index is 12.5. The van der Waals surface area contributed by atoms with Crippen molar-refractivity contribution in [2.24, 2.45) is 5.92 Å². The average molecular weight is 329 g/mol. The highest BCUT2D eigenvalue weighted by Gasteiger charge is 2.19. The number of thiol groups is 1. The van der Waals surface area contributed by atoms with Gasteiger partial charge in [0.05, 0.1) is 11.5 Å². The van der Waals surface area contributed by atoms with Gasteiger partial charge >= 0.3 is 5.97 Å². The molecule has 4 nitrogen and oxygen atoms in total. The lowest BCUT2D eigenvalue weighted by Crippen LogP contribution is -2.26. The largest absolute Gasteiger partial charge is 0.478 e. The number of anilines is 1. The van der Waals surface area contributed by atoms with E-state index in [0.717, 1.165) is 5.56 Å². The Labute approximate surface area is 141 Å². The van der Waals surface area contributed by atoms with Gasteiger partial charge in [0, 0.05) is 11.4 Å². The van der Waals surface area contributed by atoms with Gasteiger partial charge in [-0.3, -0.25) is 4.79 Å². The smallest absolute Gasteiger partial charge is 0.336 e. The molecule has 2 N–H and O–H groups in total. The van der Waals surface area contributed by atoms with Crippen LogP contribution in [-0.4, -0.2) is 22.7 Å². The van der Waals surface area contributed by atoms with Crippen molar-refractivity contribution in [3.05, 3.63) is 65.2 Å². The van der Waals surface area contributed by atoms with E-state index in [1.54, 1.807) is 19.1 Å². The number of carboxylic acids is 1. The Balaban J connectivity index is 2.14. The molecule has 0 heterocycles. The zero-order valence-corrected chi connectivity index (χ0v) is 13.7. The molecule has 1 unspecified atom stereocenters. The molecule has 0 saturated heterocycles. The van der Waals surface area contributed by atoms with Crippen molar-refractivity contribution >= 4 is 30.2 Å². The predicted molar refractivity (Wildman–Crippen MR) is 94.3 cm³/mol. The van der Waals surface area contributed by atoms with Gasteiger partial charge in [-0.05, 0) is 36.6 Å². The van der Waals surface area contributed by atoms with Gasteiger partial charge in [0.2, 0.25) is 5.91 Å². The van der Waals surface area contributed by atoms with E-state index in [1.807, 2.05) is 30.3 Å². The van der Waals surface area contributed by atoms with E-state index in [2.05, 4.69) is 17.9 Å². The Morgan fingerprint density at radius 3 is 2.43 bits per heavy atom. The Morgan fingerprint density at radius 1 is 1.13 bits per heavy atom. The van der Waals surface area contributed by atoms with Crippen LogP contribution in [0.1, 0.15) is 21.5 Å². The third kappa shape index (κ3) is 4.36. The highest BCUT2D eigenvalue weighted by atomic mass is 32.1. The third-order valence-electron chi connectivity index (χ3n) is 3.74. The van der Waals surface area contributed by atoms with Crippen molar-refractivity contribution in [1.82, 2.24) is 0 Å². The lowest BCUT2D eigenvalue weighted by molar-refractivity contribution is -0.119. The van der Waals surface area contributed by atoms with Crippen LogP contribution in [0, 0.1) is 12.8 Å². The van der Waals surface area contributed by atoms with E-state index in [-0.39, 0.29) is 17.4 Å². The van der Waals surface area contributed by atoms with Gasteiger partial charge in [0.1, 0.15) is 0 Å². The topological polar surface area (TPSA) is 66.4 Å². The molecule has 0 fully saturated rings. The number of hydrogen-bond acceptors (Lipinski definition) is 3. The molecule has 2 aromatic carbocycles. The molecule has 0 spiro atoms. The van der Waals surface area contributed by atoms with Crippen LogP contribution in [0.2, 0.25) is 0 Å². The summed E-state index contributed by atoms with van der Waals surface area (Å²) in [7, 11) is 0. The van der Waals surface area contributed by atoms with E-state index in [0.29, 0.717) is 23.4 Å². The summed E-state index contributed by atoms with van der Waals surface area (Å²) in [5, 5.41) is 12.0. The molecule has 0 aliphatic rings. The summed E-state index contributed by atoms with van der Waals surface area (Å²) in [6, 6.07) is 14.6. The second kappa shape index (κ2) is 7.83. The van der Waals surface area contributed by atoms with Gasteiger partial charge in [-0.25, -0.2) is 4.79 Å². The molecule has 1 atom stereocenters. The zero-order chi connectivity index (χ0) is 16.8. The van der Waals surface area contributed by atoms with Crippen LogP contribution in [-0.2, 0) is 11.2 Å². The summed E-state index contributed by atoms with van der Waals surface area (Å²) in [5.74, 6) is -1.03. The molecular weight excluding hydrogens is 310 g/mol. The quantitative estimate of drug-likeness (QED) is 0.712. The van der Waals surface area contributed by atoms with Crippen LogP contribution in [0.3, 0.4) is 0 Å². The number of benzene rings is 2. The maximum Gasteiger partial charge on any atom is 0.336 e. The van der Waals surface area contributed by atoms with Crippen LogP contribution in [0.4, 0.5) is 5.69 Å². The Morgan fingerprint density at radius 2 is 1.83 bits per heavy atom. The highest BCUT2D eigenvalue weighted by Crippen LogP contribution is 2.21. The minimum atomic E-state index is -1.01. The van der Waals surface area contributed by atoms with Crippen LogP contribution < -0.4 is 5.32 Å². The van der Waals surface area contributed by atoms with E-state index in [9.17, 15) is 9.59 Å². The minimum Gasteiger partial charge on any atom is -0.478 e. The van der Waals surface area contributed by atoms with Gasteiger partial charge in [-0.15, -0.1) is 0 Å². The van der Waals surface area contributed by atoms with Crippen molar-refractivity contribution < 1.29 is 14.7 Å². The first-order chi connectivity index (χ1) is 11.0. The first-order valence-corrected chi connectivity index (χ1v) is 7.94. The fourth-order valence-electron chi connectivity index (χ4n) is 2.38. The van der Waals surface area contributed by atoms with Gasteiger partial charge in [0.25, 0.3) is 0 Å². The fourth-order valence-corrected chi connectivity index (χ4v) is 2.67. The second-order valence-corrected chi connectivity index (χ2v) is 5.71. The lowest BCUT2D eigenvalue weighted by atomic mass is 9.99. The zero-order valence-electron chi connectivity index (χ0n) is 12.8.